The Morgan fingerprint density at radius 1 is 0.627 bits per heavy atom. The second kappa shape index (κ2) is 20.1. The molecule has 0 aliphatic heterocycles. The molecule has 51 heavy (non-hydrogen) atoms. The number of anilines is 4. The summed E-state index contributed by atoms with van der Waals surface area (Å²) in [6, 6.07) is 42.1. The Bertz CT molecular complexity index is 2020. The summed E-state index contributed by atoms with van der Waals surface area (Å²) in [6.07, 6.45) is 23.2. The van der Waals surface area contributed by atoms with Crippen LogP contribution in [0.2, 0.25) is 0 Å². The summed E-state index contributed by atoms with van der Waals surface area (Å²) < 4.78 is 0. The second-order valence-corrected chi connectivity index (χ2v) is 11.5. The minimum atomic E-state index is 0.733. The van der Waals surface area contributed by atoms with Crippen molar-refractivity contribution in [2.75, 3.05) is 16.0 Å². The summed E-state index contributed by atoms with van der Waals surface area (Å²) in [4.78, 5) is 2.19. The molecule has 0 saturated carbocycles. The Kier molecular flexibility index (Phi) is 14.6. The third-order valence-corrected chi connectivity index (χ3v) is 7.83. The first-order valence-corrected chi connectivity index (χ1v) is 16.9. The van der Waals surface area contributed by atoms with Crippen molar-refractivity contribution >= 4 is 28.8 Å². The van der Waals surface area contributed by atoms with Crippen molar-refractivity contribution in [2.45, 2.75) is 13.8 Å². The van der Waals surface area contributed by atoms with Crippen LogP contribution in [-0.4, -0.2) is 0 Å². The Balaban J connectivity index is 0.000000326. The van der Waals surface area contributed by atoms with Gasteiger partial charge in [0.1, 0.15) is 0 Å². The summed E-state index contributed by atoms with van der Waals surface area (Å²) in [6.45, 7) is 15.3. The van der Waals surface area contributed by atoms with Gasteiger partial charge in [0.2, 0.25) is 0 Å². The van der Waals surface area contributed by atoms with Crippen LogP contribution in [0.3, 0.4) is 0 Å². The zero-order valence-electron chi connectivity index (χ0n) is 29.6. The Morgan fingerprint density at radius 3 is 1.78 bits per heavy atom. The zero-order valence-corrected chi connectivity index (χ0v) is 29.6. The number of nitrogen functional groups attached to an aromatic ring is 1. The number of rotatable bonds is 13. The molecule has 0 aliphatic carbocycles. The van der Waals surface area contributed by atoms with E-state index in [1.54, 1.807) is 18.2 Å². The molecule has 0 bridgehead atoms. The summed E-state index contributed by atoms with van der Waals surface area (Å²) >= 11 is 0. The summed E-state index contributed by atoms with van der Waals surface area (Å²) in [5.41, 5.74) is 17.8. The van der Waals surface area contributed by atoms with E-state index in [9.17, 15) is 0 Å². The third-order valence-electron chi connectivity index (χ3n) is 7.83. The van der Waals surface area contributed by atoms with Crippen LogP contribution in [-0.2, 0) is 0 Å². The summed E-state index contributed by atoms with van der Waals surface area (Å²) in [7, 11) is 0. The third kappa shape index (κ3) is 11.2. The van der Waals surface area contributed by atoms with Crippen LogP contribution in [0.25, 0.3) is 28.3 Å². The van der Waals surface area contributed by atoms with Gasteiger partial charge in [-0.3, -0.25) is 0 Å². The van der Waals surface area contributed by atoms with Crippen molar-refractivity contribution in [1.29, 1.82) is 0 Å². The van der Waals surface area contributed by atoms with Crippen LogP contribution >= 0.6 is 0 Å². The predicted octanol–water partition coefficient (Wildman–Crippen LogP) is 13.2. The van der Waals surface area contributed by atoms with E-state index in [-0.39, 0.29) is 0 Å². The number of para-hydroxylation sites is 3. The molecule has 254 valence electrons. The van der Waals surface area contributed by atoms with Crippen molar-refractivity contribution in [3.8, 4) is 22.3 Å². The fourth-order valence-electron chi connectivity index (χ4n) is 5.23. The molecule has 5 aromatic carbocycles. The van der Waals surface area contributed by atoms with E-state index >= 15 is 0 Å². The molecular weight excluding hydrogens is 619 g/mol. The van der Waals surface area contributed by atoms with Gasteiger partial charge in [0.25, 0.3) is 0 Å². The van der Waals surface area contributed by atoms with Gasteiger partial charge in [0.15, 0.2) is 0 Å². The molecule has 3 nitrogen and oxygen atoms in total. The number of hydrogen-bond acceptors (Lipinski definition) is 3. The molecule has 0 fully saturated rings. The monoisotopic (exact) mass is 665 g/mol. The largest absolute Gasteiger partial charge is 0.397 e. The molecule has 3 heteroatoms. The average Bonchev–Trinajstić information content (AvgIpc) is 3.16. The first-order valence-electron chi connectivity index (χ1n) is 16.9. The Morgan fingerprint density at radius 2 is 1.20 bits per heavy atom. The highest BCUT2D eigenvalue weighted by atomic mass is 15.1. The highest BCUT2D eigenvalue weighted by Crippen LogP contribution is 2.32. The topological polar surface area (TPSA) is 41.3 Å². The molecule has 5 rings (SSSR count). The van der Waals surface area contributed by atoms with Crippen molar-refractivity contribution in [1.82, 2.24) is 0 Å². The number of aryl methyl sites for hydroxylation is 1. The first kappa shape index (κ1) is 37.2. The van der Waals surface area contributed by atoms with Crippen LogP contribution in [0.15, 0.2) is 214 Å². The van der Waals surface area contributed by atoms with Crippen molar-refractivity contribution in [3.63, 3.8) is 0 Å². The van der Waals surface area contributed by atoms with E-state index < -0.39 is 0 Å². The summed E-state index contributed by atoms with van der Waals surface area (Å²) in [5, 5.41) is 3.23. The average molecular weight is 666 g/mol. The number of nitrogens with zero attached hydrogens (tertiary/aromatic N) is 1. The molecule has 0 aromatic heterocycles. The SMILES string of the molecule is C=C/C=C(\C=C/C)Nc1ccccc1N.C=C/C=C\C=C/N(c1ccc(-c2ccc(-c3ccc(C)cc3)cc2)cc1)c1ccccc1/C=C\C=C. The number of benzene rings is 5. The first-order chi connectivity index (χ1) is 25.0. The summed E-state index contributed by atoms with van der Waals surface area (Å²) in [5.74, 6) is 0. The molecule has 0 atom stereocenters. The fourth-order valence-corrected chi connectivity index (χ4v) is 5.23. The van der Waals surface area contributed by atoms with Crippen LogP contribution < -0.4 is 16.0 Å². The minimum Gasteiger partial charge on any atom is -0.397 e. The van der Waals surface area contributed by atoms with Gasteiger partial charge in [-0.15, -0.1) is 0 Å². The smallest absolute Gasteiger partial charge is 0.0617 e. The number of nitrogens with two attached hydrogens (primary N) is 1. The lowest BCUT2D eigenvalue weighted by Crippen LogP contribution is -2.09. The maximum Gasteiger partial charge on any atom is 0.0617 e. The molecule has 0 amide bonds. The van der Waals surface area contributed by atoms with Gasteiger partial charge in [-0.2, -0.15) is 0 Å². The highest BCUT2D eigenvalue weighted by molar-refractivity contribution is 5.78. The van der Waals surface area contributed by atoms with Crippen molar-refractivity contribution in [2.24, 2.45) is 0 Å². The maximum absolute atomic E-state index is 5.82. The molecule has 0 heterocycles. The molecule has 0 unspecified atom stereocenters. The molecule has 3 N–H and O–H groups in total. The minimum absolute atomic E-state index is 0.733. The van der Waals surface area contributed by atoms with E-state index in [0.29, 0.717) is 0 Å². The van der Waals surface area contributed by atoms with Crippen LogP contribution in [0.5, 0.6) is 0 Å². The van der Waals surface area contributed by atoms with Gasteiger partial charge >= 0.3 is 0 Å². The number of hydrogen-bond donors (Lipinski definition) is 2. The van der Waals surface area contributed by atoms with E-state index in [1.165, 1.54) is 27.8 Å². The lowest BCUT2D eigenvalue weighted by Gasteiger charge is -2.23. The van der Waals surface area contributed by atoms with Crippen molar-refractivity contribution in [3.05, 3.63) is 225 Å². The molecule has 0 radical (unpaired) electrons. The van der Waals surface area contributed by atoms with Gasteiger partial charge in [-0.1, -0.05) is 165 Å². The van der Waals surface area contributed by atoms with E-state index in [0.717, 1.165) is 34.0 Å². The number of allylic oxidation sites excluding steroid dienone is 10. The molecule has 0 saturated heterocycles. The Labute approximate surface area is 304 Å². The van der Waals surface area contributed by atoms with Gasteiger partial charge in [0.05, 0.1) is 17.1 Å². The highest BCUT2D eigenvalue weighted by Gasteiger charge is 2.10. The Hall–Kier alpha value is -6.58. The van der Waals surface area contributed by atoms with E-state index in [2.05, 4.69) is 146 Å². The lowest BCUT2D eigenvalue weighted by atomic mass is 9.99. The van der Waals surface area contributed by atoms with E-state index in [4.69, 9.17) is 5.73 Å². The van der Waals surface area contributed by atoms with Gasteiger partial charge in [-0.25, -0.2) is 0 Å². The van der Waals surface area contributed by atoms with Crippen LogP contribution in [0.4, 0.5) is 22.7 Å². The fraction of sp³-hybridized carbons (Fsp3) is 0.0417. The van der Waals surface area contributed by atoms with Gasteiger partial charge in [-0.05, 0) is 90.2 Å². The van der Waals surface area contributed by atoms with Crippen LogP contribution in [0.1, 0.15) is 18.1 Å². The maximum atomic E-state index is 5.82. The zero-order chi connectivity index (χ0) is 36.3. The van der Waals surface area contributed by atoms with Gasteiger partial charge in [0, 0.05) is 17.6 Å². The van der Waals surface area contributed by atoms with Crippen LogP contribution in [0, 0.1) is 6.92 Å². The second-order valence-electron chi connectivity index (χ2n) is 11.5. The standard InChI is InChI=1S/C35H31N.C13H16N2/c1-4-6-8-11-27-36(35-14-10-9-13-33(35)12-7-5-2)34-25-23-32(24-26-34)31-21-19-30(20-22-31)29-17-15-28(3)16-18-29;1-3-7-11(8-4-2)15-13-10-6-5-9-12(13)14/h4-27H,1-2H2,3H3;3-10,15H,1,14H2,2H3/b8-6-,12-7-,27-11-;8-4-,11-7+. The number of nitrogens with one attached hydrogen (secondary N) is 1. The lowest BCUT2D eigenvalue weighted by molar-refractivity contribution is 1.27. The normalized spacial score (nSPS) is 11.5. The molecule has 5 aromatic rings. The van der Waals surface area contributed by atoms with Crippen molar-refractivity contribution < 1.29 is 0 Å². The van der Waals surface area contributed by atoms with Gasteiger partial charge < -0.3 is 16.0 Å². The predicted molar refractivity (Wildman–Crippen MR) is 226 cm³/mol. The van der Waals surface area contributed by atoms with E-state index in [1.807, 2.05) is 73.7 Å². The molecular formula is C48H47N3. The molecule has 0 spiro atoms. The molecule has 0 aliphatic rings. The quantitative estimate of drug-likeness (QED) is 0.0971.